The number of pyridine rings is 1. The highest BCUT2D eigenvalue weighted by Crippen LogP contribution is 2.37. The van der Waals surface area contributed by atoms with Gasteiger partial charge >= 0.3 is 0 Å². The number of thiophene rings is 1. The van der Waals surface area contributed by atoms with E-state index in [0.29, 0.717) is 0 Å². The molecule has 2 heterocycles. The number of nitrogens with zero attached hydrogens (tertiary/aromatic N) is 1. The van der Waals surface area contributed by atoms with E-state index in [-0.39, 0.29) is 12.0 Å². The number of hydrogen-bond donors (Lipinski definition) is 1. The third kappa shape index (κ3) is 2.08. The first-order valence-corrected chi connectivity index (χ1v) is 7.35. The molecule has 0 saturated heterocycles. The minimum Gasteiger partial charge on any atom is -0.323 e. The molecule has 2 nitrogen and oxygen atoms in total. The molecule has 0 aliphatic heterocycles. The quantitative estimate of drug-likeness (QED) is 0.916. The fraction of sp³-hybridized carbons (Fsp3) is 0.400. The van der Waals surface area contributed by atoms with Gasteiger partial charge in [0.2, 0.25) is 0 Å². The van der Waals surface area contributed by atoms with E-state index in [0.717, 1.165) is 5.69 Å². The lowest BCUT2D eigenvalue weighted by Crippen LogP contribution is -2.17. The van der Waals surface area contributed by atoms with Crippen molar-refractivity contribution in [3.8, 4) is 0 Å². The third-order valence-electron chi connectivity index (χ3n) is 3.79. The van der Waals surface area contributed by atoms with Gasteiger partial charge in [0.15, 0.2) is 0 Å². The van der Waals surface area contributed by atoms with Crippen LogP contribution in [0.2, 0.25) is 0 Å². The number of aryl methyl sites for hydroxylation is 2. The molecule has 2 atom stereocenters. The summed E-state index contributed by atoms with van der Waals surface area (Å²) in [6, 6.07) is 8.42. The second-order valence-corrected chi connectivity index (χ2v) is 6.19. The fourth-order valence-corrected chi connectivity index (χ4v) is 3.96. The average molecular weight is 258 g/mol. The second-order valence-electron chi connectivity index (χ2n) is 5.02. The van der Waals surface area contributed by atoms with Gasteiger partial charge in [-0.2, -0.15) is 0 Å². The van der Waals surface area contributed by atoms with Gasteiger partial charge in [-0.15, -0.1) is 11.3 Å². The Labute approximate surface area is 112 Å². The highest BCUT2D eigenvalue weighted by Gasteiger charge is 2.23. The Morgan fingerprint density at radius 1 is 1.33 bits per heavy atom. The van der Waals surface area contributed by atoms with Crippen molar-refractivity contribution >= 4 is 11.3 Å². The van der Waals surface area contributed by atoms with E-state index in [1.165, 1.54) is 29.7 Å². The van der Waals surface area contributed by atoms with Crippen molar-refractivity contribution in [2.24, 2.45) is 5.73 Å². The van der Waals surface area contributed by atoms with E-state index in [4.69, 9.17) is 5.73 Å². The molecule has 2 N–H and O–H groups in total. The maximum atomic E-state index is 6.40. The molecule has 1 aliphatic rings. The van der Waals surface area contributed by atoms with Crippen LogP contribution in [0.3, 0.4) is 0 Å². The summed E-state index contributed by atoms with van der Waals surface area (Å²) in [5.41, 5.74) is 9.01. The molecule has 18 heavy (non-hydrogen) atoms. The van der Waals surface area contributed by atoms with Gasteiger partial charge in [0, 0.05) is 33.6 Å². The molecular formula is C15H18N2S. The predicted molar refractivity (Wildman–Crippen MR) is 75.9 cm³/mol. The van der Waals surface area contributed by atoms with Crippen LogP contribution in [0.25, 0.3) is 0 Å². The van der Waals surface area contributed by atoms with Gasteiger partial charge in [0.25, 0.3) is 0 Å². The van der Waals surface area contributed by atoms with Crippen molar-refractivity contribution in [3.63, 3.8) is 0 Å². The zero-order valence-electron chi connectivity index (χ0n) is 10.6. The lowest BCUT2D eigenvalue weighted by Gasteiger charge is -2.18. The largest absolute Gasteiger partial charge is 0.323 e. The highest BCUT2D eigenvalue weighted by atomic mass is 32.1. The SMILES string of the molecule is CC(c1ccccn1)C(N)c1cc2c(s1)CCC2. The minimum absolute atomic E-state index is 0.0653. The van der Waals surface area contributed by atoms with E-state index in [9.17, 15) is 0 Å². The van der Waals surface area contributed by atoms with Gasteiger partial charge in [-0.05, 0) is 43.0 Å². The van der Waals surface area contributed by atoms with Crippen molar-refractivity contribution in [1.82, 2.24) is 4.98 Å². The van der Waals surface area contributed by atoms with Crippen LogP contribution in [-0.4, -0.2) is 4.98 Å². The molecule has 1 aliphatic carbocycles. The summed E-state index contributed by atoms with van der Waals surface area (Å²) in [7, 11) is 0. The summed E-state index contributed by atoms with van der Waals surface area (Å²) in [6.45, 7) is 2.16. The van der Waals surface area contributed by atoms with Crippen LogP contribution in [0.4, 0.5) is 0 Å². The fourth-order valence-electron chi connectivity index (χ4n) is 2.59. The molecule has 0 amide bonds. The van der Waals surface area contributed by atoms with Crippen LogP contribution < -0.4 is 5.73 Å². The molecule has 3 heteroatoms. The first kappa shape index (κ1) is 11.9. The van der Waals surface area contributed by atoms with Gasteiger partial charge in [-0.1, -0.05) is 13.0 Å². The molecule has 0 radical (unpaired) electrons. The Hall–Kier alpha value is -1.19. The maximum absolute atomic E-state index is 6.40. The lowest BCUT2D eigenvalue weighted by molar-refractivity contribution is 0.592. The van der Waals surface area contributed by atoms with E-state index < -0.39 is 0 Å². The Morgan fingerprint density at radius 2 is 2.22 bits per heavy atom. The molecule has 2 aromatic rings. The van der Waals surface area contributed by atoms with Crippen LogP contribution in [-0.2, 0) is 12.8 Å². The summed E-state index contributed by atoms with van der Waals surface area (Å²) >= 11 is 1.90. The molecule has 0 aromatic carbocycles. The predicted octanol–water partition coefficient (Wildman–Crippen LogP) is 3.44. The van der Waals surface area contributed by atoms with E-state index in [1.807, 2.05) is 29.7 Å². The van der Waals surface area contributed by atoms with Gasteiger partial charge in [-0.25, -0.2) is 0 Å². The van der Waals surface area contributed by atoms with Crippen LogP contribution in [0.1, 0.15) is 46.3 Å². The van der Waals surface area contributed by atoms with Gasteiger partial charge < -0.3 is 5.73 Å². The Bertz CT molecular complexity index is 511. The van der Waals surface area contributed by atoms with Crippen LogP contribution in [0, 0.1) is 0 Å². The molecule has 2 aromatic heterocycles. The van der Waals surface area contributed by atoms with Gasteiger partial charge in [0.05, 0.1) is 0 Å². The minimum atomic E-state index is 0.0653. The summed E-state index contributed by atoms with van der Waals surface area (Å²) in [5, 5.41) is 0. The van der Waals surface area contributed by atoms with E-state index >= 15 is 0 Å². The topological polar surface area (TPSA) is 38.9 Å². The molecule has 2 unspecified atom stereocenters. The number of rotatable bonds is 3. The molecule has 0 spiro atoms. The Kier molecular flexibility index (Phi) is 3.18. The monoisotopic (exact) mass is 258 g/mol. The lowest BCUT2D eigenvalue weighted by atomic mass is 9.97. The summed E-state index contributed by atoms with van der Waals surface area (Å²) in [6.07, 6.45) is 5.63. The second kappa shape index (κ2) is 4.82. The summed E-state index contributed by atoms with van der Waals surface area (Å²) < 4.78 is 0. The Morgan fingerprint density at radius 3 is 2.94 bits per heavy atom. The standard InChI is InChI=1S/C15H18N2S/c1-10(12-6-2-3-8-17-12)15(16)14-9-11-5-4-7-13(11)18-14/h2-3,6,8-10,15H,4-5,7,16H2,1H3. The highest BCUT2D eigenvalue weighted by molar-refractivity contribution is 7.12. The van der Waals surface area contributed by atoms with Gasteiger partial charge in [-0.3, -0.25) is 4.98 Å². The van der Waals surface area contributed by atoms with Crippen molar-refractivity contribution in [2.75, 3.05) is 0 Å². The molecular weight excluding hydrogens is 240 g/mol. The van der Waals surface area contributed by atoms with E-state index in [2.05, 4.69) is 24.0 Å². The molecule has 3 rings (SSSR count). The molecule has 0 fully saturated rings. The summed E-state index contributed by atoms with van der Waals surface area (Å²) in [5.74, 6) is 0.268. The third-order valence-corrected chi connectivity index (χ3v) is 5.13. The zero-order chi connectivity index (χ0) is 12.5. The molecule has 0 bridgehead atoms. The summed E-state index contributed by atoms with van der Waals surface area (Å²) in [4.78, 5) is 7.28. The van der Waals surface area contributed by atoms with E-state index in [1.54, 1.807) is 4.88 Å². The van der Waals surface area contributed by atoms with Crippen molar-refractivity contribution in [2.45, 2.75) is 38.1 Å². The Balaban J connectivity index is 1.83. The number of fused-ring (bicyclic) bond motifs is 1. The van der Waals surface area contributed by atoms with Gasteiger partial charge in [0.1, 0.15) is 0 Å². The number of aromatic nitrogens is 1. The first-order chi connectivity index (χ1) is 8.75. The number of nitrogens with two attached hydrogens (primary N) is 1. The van der Waals surface area contributed by atoms with Crippen molar-refractivity contribution < 1.29 is 0 Å². The molecule has 94 valence electrons. The van der Waals surface area contributed by atoms with Crippen molar-refractivity contribution in [1.29, 1.82) is 0 Å². The number of hydrogen-bond acceptors (Lipinski definition) is 3. The molecule has 0 saturated carbocycles. The first-order valence-electron chi connectivity index (χ1n) is 6.53. The average Bonchev–Trinajstić information content (AvgIpc) is 2.99. The van der Waals surface area contributed by atoms with Crippen LogP contribution in [0.5, 0.6) is 0 Å². The zero-order valence-corrected chi connectivity index (χ0v) is 11.4. The van der Waals surface area contributed by atoms with Crippen LogP contribution in [0.15, 0.2) is 30.5 Å². The van der Waals surface area contributed by atoms with Crippen LogP contribution >= 0.6 is 11.3 Å². The van der Waals surface area contributed by atoms with Crippen molar-refractivity contribution in [3.05, 3.63) is 51.5 Å². The smallest absolute Gasteiger partial charge is 0.0472 e. The maximum Gasteiger partial charge on any atom is 0.0472 e. The normalized spacial score (nSPS) is 17.4.